The summed E-state index contributed by atoms with van der Waals surface area (Å²) in [6.07, 6.45) is 5.19. The third-order valence-corrected chi connectivity index (χ3v) is 3.43. The van der Waals surface area contributed by atoms with E-state index in [9.17, 15) is 5.11 Å². The van der Waals surface area contributed by atoms with Crippen LogP contribution in [0.1, 0.15) is 56.8 Å². The number of hydrogen-bond acceptors (Lipinski definition) is 2. The van der Waals surface area contributed by atoms with Crippen molar-refractivity contribution in [2.75, 3.05) is 0 Å². The third kappa shape index (κ3) is 3.01. The minimum atomic E-state index is -0.302. The first-order valence-corrected chi connectivity index (χ1v) is 6.68. The fourth-order valence-corrected chi connectivity index (χ4v) is 2.52. The summed E-state index contributed by atoms with van der Waals surface area (Å²) in [5.74, 6) is 0.894. The molecule has 0 bridgehead atoms. The van der Waals surface area contributed by atoms with E-state index in [1.165, 1.54) is 5.56 Å². The van der Waals surface area contributed by atoms with Crippen LogP contribution in [-0.4, -0.2) is 11.2 Å². The first-order chi connectivity index (χ1) is 8.20. The van der Waals surface area contributed by atoms with Gasteiger partial charge in [-0.3, -0.25) is 0 Å². The van der Waals surface area contributed by atoms with Gasteiger partial charge in [0.1, 0.15) is 5.75 Å². The average Bonchev–Trinajstić information content (AvgIpc) is 2.30. The summed E-state index contributed by atoms with van der Waals surface area (Å²) in [5, 5.41) is 9.97. The van der Waals surface area contributed by atoms with E-state index >= 15 is 0 Å². The van der Waals surface area contributed by atoms with Crippen LogP contribution in [0.15, 0.2) is 18.2 Å². The molecule has 0 aromatic heterocycles. The lowest BCUT2D eigenvalue weighted by atomic mass is 9.89. The Labute approximate surface area is 104 Å². The smallest absolute Gasteiger partial charge is 0.120 e. The minimum absolute atomic E-state index is 0.249. The maximum atomic E-state index is 9.97. The normalized spacial score (nSPS) is 20.8. The second kappa shape index (κ2) is 5.54. The SMILES string of the molecule is CCCC(C)Oc1ccc2c(c1)[C@@H](O)CCC2. The van der Waals surface area contributed by atoms with Crippen LogP contribution >= 0.6 is 0 Å². The van der Waals surface area contributed by atoms with Crippen LogP contribution in [0, 0.1) is 0 Å². The zero-order valence-corrected chi connectivity index (χ0v) is 10.8. The highest BCUT2D eigenvalue weighted by atomic mass is 16.5. The third-order valence-electron chi connectivity index (χ3n) is 3.43. The van der Waals surface area contributed by atoms with Gasteiger partial charge in [-0.05, 0) is 55.9 Å². The number of aliphatic hydroxyl groups is 1. The summed E-state index contributed by atoms with van der Waals surface area (Å²) in [7, 11) is 0. The molecule has 0 amide bonds. The van der Waals surface area contributed by atoms with Gasteiger partial charge in [0.15, 0.2) is 0 Å². The largest absolute Gasteiger partial charge is 0.491 e. The molecule has 0 saturated carbocycles. The van der Waals surface area contributed by atoms with E-state index in [0.717, 1.165) is 43.4 Å². The monoisotopic (exact) mass is 234 g/mol. The van der Waals surface area contributed by atoms with Crippen molar-refractivity contribution in [2.24, 2.45) is 0 Å². The van der Waals surface area contributed by atoms with Gasteiger partial charge in [0, 0.05) is 0 Å². The second-order valence-corrected chi connectivity index (χ2v) is 4.99. The molecule has 1 unspecified atom stereocenters. The molecule has 0 heterocycles. The van der Waals surface area contributed by atoms with Crippen LogP contribution in [-0.2, 0) is 6.42 Å². The summed E-state index contributed by atoms with van der Waals surface area (Å²) in [4.78, 5) is 0. The topological polar surface area (TPSA) is 29.5 Å². The highest BCUT2D eigenvalue weighted by Gasteiger charge is 2.18. The molecule has 1 aliphatic rings. The maximum absolute atomic E-state index is 9.97. The van der Waals surface area contributed by atoms with Crippen LogP contribution in [0.25, 0.3) is 0 Å². The van der Waals surface area contributed by atoms with Gasteiger partial charge in [0.05, 0.1) is 12.2 Å². The molecular weight excluding hydrogens is 212 g/mol. The lowest BCUT2D eigenvalue weighted by molar-refractivity contribution is 0.155. The fourth-order valence-electron chi connectivity index (χ4n) is 2.52. The molecule has 94 valence electrons. The lowest BCUT2D eigenvalue weighted by Crippen LogP contribution is -2.13. The molecule has 0 spiro atoms. The Morgan fingerprint density at radius 3 is 3.06 bits per heavy atom. The van der Waals surface area contributed by atoms with Crippen LogP contribution in [0.3, 0.4) is 0 Å². The maximum Gasteiger partial charge on any atom is 0.120 e. The van der Waals surface area contributed by atoms with E-state index in [-0.39, 0.29) is 12.2 Å². The number of fused-ring (bicyclic) bond motifs is 1. The van der Waals surface area contributed by atoms with E-state index in [4.69, 9.17) is 4.74 Å². The number of benzene rings is 1. The highest BCUT2D eigenvalue weighted by molar-refractivity contribution is 5.38. The Kier molecular flexibility index (Phi) is 4.06. The Bertz CT molecular complexity index is 373. The zero-order chi connectivity index (χ0) is 12.3. The van der Waals surface area contributed by atoms with Gasteiger partial charge in [-0.1, -0.05) is 19.4 Å². The number of hydrogen-bond donors (Lipinski definition) is 1. The standard InChI is InChI=1S/C15H22O2/c1-3-5-11(2)17-13-9-8-12-6-4-7-15(16)14(12)10-13/h8-11,15-16H,3-7H2,1-2H3/t11?,15-/m0/s1. The van der Waals surface area contributed by atoms with Gasteiger partial charge in [-0.25, -0.2) is 0 Å². The van der Waals surface area contributed by atoms with Crippen molar-refractivity contribution in [3.63, 3.8) is 0 Å². The van der Waals surface area contributed by atoms with Crippen LogP contribution in [0.5, 0.6) is 5.75 Å². The number of rotatable bonds is 4. The van der Waals surface area contributed by atoms with Crippen LogP contribution < -0.4 is 4.74 Å². The Hall–Kier alpha value is -1.02. The van der Waals surface area contributed by atoms with Crippen molar-refractivity contribution in [1.29, 1.82) is 0 Å². The number of aryl methyl sites for hydroxylation is 1. The molecule has 2 rings (SSSR count). The van der Waals surface area contributed by atoms with Gasteiger partial charge >= 0.3 is 0 Å². The fraction of sp³-hybridized carbons (Fsp3) is 0.600. The molecule has 2 heteroatoms. The molecule has 17 heavy (non-hydrogen) atoms. The van der Waals surface area contributed by atoms with E-state index in [2.05, 4.69) is 19.9 Å². The molecule has 0 fully saturated rings. The van der Waals surface area contributed by atoms with Gasteiger partial charge < -0.3 is 9.84 Å². The molecule has 1 N–H and O–H groups in total. The van der Waals surface area contributed by atoms with Gasteiger partial charge in [0.2, 0.25) is 0 Å². The quantitative estimate of drug-likeness (QED) is 0.862. The van der Waals surface area contributed by atoms with Gasteiger partial charge in [0.25, 0.3) is 0 Å². The van der Waals surface area contributed by atoms with Crippen LogP contribution in [0.4, 0.5) is 0 Å². The van der Waals surface area contributed by atoms with Crippen LogP contribution in [0.2, 0.25) is 0 Å². The summed E-state index contributed by atoms with van der Waals surface area (Å²) >= 11 is 0. The van der Waals surface area contributed by atoms with E-state index < -0.39 is 0 Å². The first-order valence-electron chi connectivity index (χ1n) is 6.68. The molecule has 0 radical (unpaired) electrons. The lowest BCUT2D eigenvalue weighted by Gasteiger charge is -2.23. The Morgan fingerprint density at radius 1 is 1.47 bits per heavy atom. The van der Waals surface area contributed by atoms with E-state index in [0.29, 0.717) is 0 Å². The summed E-state index contributed by atoms with van der Waals surface area (Å²) in [5.41, 5.74) is 2.34. The highest BCUT2D eigenvalue weighted by Crippen LogP contribution is 2.32. The molecular formula is C15H22O2. The first kappa shape index (κ1) is 12.4. The Balaban J connectivity index is 2.12. The summed E-state index contributed by atoms with van der Waals surface area (Å²) < 4.78 is 5.86. The van der Waals surface area contributed by atoms with Crippen molar-refractivity contribution >= 4 is 0 Å². The van der Waals surface area contributed by atoms with Crippen molar-refractivity contribution in [2.45, 2.75) is 58.2 Å². The second-order valence-electron chi connectivity index (χ2n) is 4.99. The minimum Gasteiger partial charge on any atom is -0.491 e. The Morgan fingerprint density at radius 2 is 2.29 bits per heavy atom. The predicted octanol–water partition coefficient (Wildman–Crippen LogP) is 3.62. The van der Waals surface area contributed by atoms with Crippen molar-refractivity contribution in [3.8, 4) is 5.75 Å². The molecule has 0 saturated heterocycles. The van der Waals surface area contributed by atoms with Gasteiger partial charge in [-0.15, -0.1) is 0 Å². The van der Waals surface area contributed by atoms with Gasteiger partial charge in [-0.2, -0.15) is 0 Å². The number of aliphatic hydroxyl groups excluding tert-OH is 1. The average molecular weight is 234 g/mol. The number of ether oxygens (including phenoxy) is 1. The molecule has 1 aliphatic carbocycles. The van der Waals surface area contributed by atoms with Crippen molar-refractivity contribution < 1.29 is 9.84 Å². The van der Waals surface area contributed by atoms with E-state index in [1.807, 2.05) is 12.1 Å². The molecule has 1 aromatic carbocycles. The predicted molar refractivity (Wildman–Crippen MR) is 69.3 cm³/mol. The summed E-state index contributed by atoms with van der Waals surface area (Å²) in [6.45, 7) is 4.26. The zero-order valence-electron chi connectivity index (χ0n) is 10.8. The van der Waals surface area contributed by atoms with Crippen molar-refractivity contribution in [3.05, 3.63) is 29.3 Å². The molecule has 2 atom stereocenters. The molecule has 1 aromatic rings. The molecule has 2 nitrogen and oxygen atoms in total. The van der Waals surface area contributed by atoms with E-state index in [1.54, 1.807) is 0 Å². The molecule has 0 aliphatic heterocycles. The van der Waals surface area contributed by atoms with Crippen molar-refractivity contribution in [1.82, 2.24) is 0 Å². The summed E-state index contributed by atoms with van der Waals surface area (Å²) in [6, 6.07) is 6.15.